The minimum atomic E-state index is 0.00752. The van der Waals surface area contributed by atoms with Crippen molar-refractivity contribution in [1.82, 2.24) is 0 Å². The van der Waals surface area contributed by atoms with Crippen LogP contribution in [0.5, 0.6) is 0 Å². The minimum absolute atomic E-state index is 0.00752. The second-order valence-corrected chi connectivity index (χ2v) is 36.2. The molecule has 0 aliphatic heterocycles. The van der Waals surface area contributed by atoms with Crippen molar-refractivity contribution >= 4 is 467 Å². The first-order valence-electron chi connectivity index (χ1n) is 23.7. The summed E-state index contributed by atoms with van der Waals surface area (Å²) >= 11 is 197. The third-order valence-electron chi connectivity index (χ3n) is 9.48. The summed E-state index contributed by atoms with van der Waals surface area (Å²) in [7, 11) is 0. The Kier molecular flexibility index (Phi) is 54.9. The fourth-order valence-electron chi connectivity index (χ4n) is 5.54. The van der Waals surface area contributed by atoms with Crippen LogP contribution in [0.4, 0.5) is 0 Å². The molecule has 2 N–H and O–H groups in total. The number of aliphatic hydroxyl groups excluding tert-OH is 2. The van der Waals surface area contributed by atoms with Crippen molar-refractivity contribution in [2.24, 2.45) is 0 Å². The predicted molar refractivity (Wildman–Crippen MR) is 457 cm³/mol. The van der Waals surface area contributed by atoms with E-state index in [1.54, 1.807) is 10.8 Å². The van der Waals surface area contributed by atoms with Crippen molar-refractivity contribution in [3.63, 3.8) is 0 Å². The maximum atomic E-state index is 8.81. The fraction of sp³-hybridized carbons (Fsp3) is 0.231. The summed E-state index contributed by atoms with van der Waals surface area (Å²) in [6.45, 7) is 7.20. The molecule has 0 unspecified atom stereocenters. The van der Waals surface area contributed by atoms with Gasteiger partial charge in [0.1, 0.15) is 0 Å². The number of rotatable bonds is 22. The highest BCUT2D eigenvalue weighted by Gasteiger charge is 2.25. The Labute approximate surface area is 740 Å². The normalized spacial score (nSPS) is 10.7. The quantitative estimate of drug-likeness (QED) is 0.0174. The van der Waals surface area contributed by atoms with E-state index in [0.717, 1.165) is 0 Å². The minimum Gasteiger partial charge on any atom is -0.396 e. The third-order valence-corrected chi connectivity index (χ3v) is 33.9. The van der Waals surface area contributed by atoms with Gasteiger partial charge in [0.05, 0.1) is 154 Å². The van der Waals surface area contributed by atoms with Crippen molar-refractivity contribution in [3.8, 4) is 0 Å². The lowest BCUT2D eigenvalue weighted by atomic mass is 10.3. The third kappa shape index (κ3) is 29.0. The number of aliphatic hydroxyl groups is 2. The van der Waals surface area contributed by atoms with Crippen LogP contribution in [0.15, 0.2) is 72.9 Å². The molecule has 0 aromatic heterocycles. The highest BCUT2D eigenvalue weighted by molar-refractivity contribution is 8.03. The van der Waals surface area contributed by atoms with Gasteiger partial charge >= 0.3 is 0 Å². The molecule has 94 heavy (non-hydrogen) atoms. The maximum Gasteiger partial charge on any atom is 0.0810 e. The van der Waals surface area contributed by atoms with Gasteiger partial charge in [-0.2, -0.15) is 0 Å². The SMILES string of the molecule is C=CSc1c(Cl)c(Cl)c(SC=C)c(Cl)c1Cl.ClCCSc1c(Cl)c(Cl)c(SCCCl)c(Cl)c1Cl.ClCCSc1c(Cl)c(Cl)c(SCCCl)c(Cl)c1Cl.Clc1c(Cl)c(Cl)c(Cl)c(Cl)c1Cl.OCCSc1c(Cl)c(Cl)c(SCCO)c(Cl)c1Cl.Sc1c(Cl)c(Cl)c(S)c(Cl)c1Cl. The van der Waals surface area contributed by atoms with Gasteiger partial charge in [-0.05, 0) is 10.8 Å². The van der Waals surface area contributed by atoms with Gasteiger partial charge < -0.3 is 10.2 Å². The van der Waals surface area contributed by atoms with Crippen molar-refractivity contribution in [1.29, 1.82) is 0 Å². The smallest absolute Gasteiger partial charge is 0.0810 e. The summed E-state index contributed by atoms with van der Waals surface area (Å²) in [5.74, 6) is 5.62. The van der Waals surface area contributed by atoms with Crippen LogP contribution in [0.25, 0.3) is 0 Å². The van der Waals surface area contributed by atoms with Crippen LogP contribution in [0.3, 0.4) is 0 Å². The number of alkyl halides is 4. The second kappa shape index (κ2) is 52.2. The molecule has 0 heterocycles. The molecule has 42 heteroatoms. The molecule has 0 saturated heterocycles. The number of benzene rings is 6. The van der Waals surface area contributed by atoms with Gasteiger partial charge in [-0.15, -0.1) is 142 Å². The number of thioether (sulfide) groups is 8. The van der Waals surface area contributed by atoms with E-state index in [-0.39, 0.29) is 63.4 Å². The summed E-state index contributed by atoms with van der Waals surface area (Å²) in [6.07, 6.45) is 0. The van der Waals surface area contributed by atoms with Gasteiger partial charge in [-0.1, -0.05) is 338 Å². The van der Waals surface area contributed by atoms with E-state index in [0.29, 0.717) is 187 Å². The molecule has 2 nitrogen and oxygen atoms in total. The first kappa shape index (κ1) is 98.9. The zero-order valence-electron chi connectivity index (χ0n) is 45.4. The molecule has 6 aromatic rings. The van der Waals surface area contributed by atoms with E-state index >= 15 is 0 Å². The Balaban J connectivity index is 0.000000568. The topological polar surface area (TPSA) is 40.5 Å². The molecular formula is C52H34Cl30O2S10. The van der Waals surface area contributed by atoms with E-state index in [9.17, 15) is 0 Å². The predicted octanol–water partition coefficient (Wildman–Crippen LogP) is 35.6. The van der Waals surface area contributed by atoms with Gasteiger partial charge in [-0.3, -0.25) is 0 Å². The molecule has 0 amide bonds. The van der Waals surface area contributed by atoms with E-state index in [1.807, 2.05) is 0 Å². The zero-order chi connectivity index (χ0) is 72.3. The molecule has 0 saturated carbocycles. The monoisotopic (exact) mass is 2060 g/mol. The van der Waals surface area contributed by atoms with Crippen molar-refractivity contribution < 1.29 is 10.2 Å². The van der Waals surface area contributed by atoms with Gasteiger partial charge in [0.25, 0.3) is 0 Å². The summed E-state index contributed by atoms with van der Waals surface area (Å²) < 4.78 is 0. The average Bonchev–Trinajstić information content (AvgIpc) is 0.845. The molecule has 0 aliphatic rings. The fourth-order valence-corrected chi connectivity index (χ4v) is 21.9. The van der Waals surface area contributed by atoms with Crippen molar-refractivity contribution in [2.75, 3.05) is 71.3 Å². The first-order valence-corrected chi connectivity index (χ1v) is 44.2. The standard InChI is InChI=1S/2C10H8Cl6S2.C10H10Cl4O2S2.C10H6Cl4S2.C6Cl6.C6H2Cl4S2/c2*11-1-3-17-9-5(13)7(15)10(18-4-2-12)8(16)6(9)14;11-5-7(13)10(18-4-2-16)8(14)6(12)9(5)17-3-1-15;1-3-15-9-5(11)7(13)10(16-4-2)8(14)6(9)12;7-1-2(8)4(10)6(12)5(11)3(1)9;7-1-2(8)6(12)4(10)3(9)5(1)11/h2*1-4H2;15-16H,1-4H2;3-4H,1-2H2;;11-12H. The van der Waals surface area contributed by atoms with Crippen LogP contribution < -0.4 is 0 Å². The summed E-state index contributed by atoms with van der Waals surface area (Å²) in [6, 6.07) is 0. The van der Waals surface area contributed by atoms with E-state index in [4.69, 9.17) is 358 Å². The molecule has 0 spiro atoms. The highest BCUT2D eigenvalue weighted by Crippen LogP contribution is 2.54. The van der Waals surface area contributed by atoms with Crippen LogP contribution in [0, 0.1) is 0 Å². The van der Waals surface area contributed by atoms with Crippen LogP contribution in [0.2, 0.25) is 131 Å². The van der Waals surface area contributed by atoms with Gasteiger partial charge in [0.15, 0.2) is 0 Å². The van der Waals surface area contributed by atoms with Gasteiger partial charge in [0, 0.05) is 97.2 Å². The number of halogens is 30. The number of thiol groups is 2. The Morgan fingerprint density at radius 3 is 0.500 bits per heavy atom. The molecule has 0 bridgehead atoms. The maximum absolute atomic E-state index is 8.81. The highest BCUT2D eigenvalue weighted by atomic mass is 35.5. The van der Waals surface area contributed by atoms with Crippen LogP contribution in [-0.4, -0.2) is 81.5 Å². The largest absolute Gasteiger partial charge is 0.396 e. The van der Waals surface area contributed by atoms with E-state index in [1.165, 1.54) is 94.1 Å². The van der Waals surface area contributed by atoms with E-state index < -0.39 is 0 Å². The molecule has 0 aliphatic carbocycles. The molecular weight excluding hydrogens is 2040 g/mol. The van der Waals surface area contributed by atoms with E-state index in [2.05, 4.69) is 38.4 Å². The summed E-state index contributed by atoms with van der Waals surface area (Å²) in [4.78, 5) is 5.77. The Bertz CT molecular complexity index is 2830. The molecule has 0 fully saturated rings. The molecule has 0 atom stereocenters. The Hall–Kier alpha value is 6.92. The summed E-state index contributed by atoms with van der Waals surface area (Å²) in [5, 5.41) is 28.7. The van der Waals surface area contributed by atoms with Gasteiger partial charge in [0.2, 0.25) is 0 Å². The van der Waals surface area contributed by atoms with Crippen LogP contribution in [-0.2, 0) is 0 Å². The first-order chi connectivity index (χ1) is 44.1. The molecule has 6 rings (SSSR count). The zero-order valence-corrected chi connectivity index (χ0v) is 76.4. The van der Waals surface area contributed by atoms with Crippen LogP contribution >= 0.6 is 467 Å². The lowest BCUT2D eigenvalue weighted by Gasteiger charge is -2.14. The lowest BCUT2D eigenvalue weighted by Crippen LogP contribution is -1.92. The Morgan fingerprint density at radius 2 is 0.372 bits per heavy atom. The van der Waals surface area contributed by atoms with Crippen LogP contribution in [0.1, 0.15) is 0 Å². The lowest BCUT2D eigenvalue weighted by molar-refractivity contribution is 0.322. The summed E-state index contributed by atoms with van der Waals surface area (Å²) in [5.41, 5.74) is 0. The average molecular weight is 2080 g/mol. The van der Waals surface area contributed by atoms with Crippen molar-refractivity contribution in [2.45, 2.75) is 49.0 Å². The number of hydrogen-bond acceptors (Lipinski definition) is 12. The second-order valence-electron chi connectivity index (χ2n) is 15.4. The molecule has 0 radical (unpaired) electrons. The molecule has 6 aromatic carbocycles. The Morgan fingerprint density at radius 1 is 0.234 bits per heavy atom. The number of hydrogen-bond donors (Lipinski definition) is 4. The van der Waals surface area contributed by atoms with Crippen molar-refractivity contribution in [3.05, 3.63) is 155 Å². The molecule has 524 valence electrons. The van der Waals surface area contributed by atoms with Gasteiger partial charge in [-0.25, -0.2) is 0 Å².